The number of carbonyl (C=O) groups excluding carboxylic acids is 1. The van der Waals surface area contributed by atoms with Gasteiger partial charge in [0.2, 0.25) is 5.91 Å². The predicted octanol–water partition coefficient (Wildman–Crippen LogP) is 6.13. The molecule has 3 aromatic carbocycles. The molecule has 0 unspecified atom stereocenters. The van der Waals surface area contributed by atoms with Crippen molar-refractivity contribution in [3.63, 3.8) is 0 Å². The molecule has 9 heteroatoms. The van der Waals surface area contributed by atoms with E-state index in [0.29, 0.717) is 40.9 Å². The van der Waals surface area contributed by atoms with Gasteiger partial charge < -0.3 is 19.9 Å². The Hall–Kier alpha value is -3.13. The molecule has 5 rings (SSSR count). The number of ether oxygens (including phenoxy) is 1. The minimum Gasteiger partial charge on any atom is -0.489 e. The molecular weight excluding hydrogens is 516 g/mol. The van der Waals surface area contributed by atoms with Gasteiger partial charge in [0.15, 0.2) is 5.58 Å². The van der Waals surface area contributed by atoms with Gasteiger partial charge in [-0.05, 0) is 61.2 Å². The number of piperidine rings is 1. The highest BCUT2D eigenvalue weighted by Gasteiger charge is 2.29. The molecule has 0 saturated carbocycles. The number of halogens is 3. The third-order valence-corrected chi connectivity index (χ3v) is 7.50. The van der Waals surface area contributed by atoms with Gasteiger partial charge in [0, 0.05) is 46.1 Å². The zero-order valence-corrected chi connectivity index (χ0v) is 21.5. The van der Waals surface area contributed by atoms with E-state index in [-0.39, 0.29) is 24.2 Å². The first kappa shape index (κ1) is 25.5. The van der Waals surface area contributed by atoms with E-state index in [9.17, 15) is 9.18 Å². The van der Waals surface area contributed by atoms with Gasteiger partial charge in [-0.3, -0.25) is 4.79 Å². The van der Waals surface area contributed by atoms with Crippen LogP contribution in [0.1, 0.15) is 35.6 Å². The number of amides is 1. The van der Waals surface area contributed by atoms with Gasteiger partial charge in [-0.15, -0.1) is 0 Å². The summed E-state index contributed by atoms with van der Waals surface area (Å²) in [6.07, 6.45) is 1.92. The molecule has 4 aromatic rings. The molecule has 1 aliphatic rings. The lowest BCUT2D eigenvalue weighted by atomic mass is 9.91. The van der Waals surface area contributed by atoms with Crippen molar-refractivity contribution in [2.45, 2.75) is 37.8 Å². The van der Waals surface area contributed by atoms with Gasteiger partial charge >= 0.3 is 0 Å². The van der Waals surface area contributed by atoms with E-state index < -0.39 is 6.04 Å². The first-order valence-electron chi connectivity index (χ1n) is 12.1. The zero-order chi connectivity index (χ0) is 25.9. The molecule has 0 aliphatic carbocycles. The second-order valence-electron chi connectivity index (χ2n) is 9.25. The van der Waals surface area contributed by atoms with Crippen LogP contribution in [0.4, 0.5) is 4.39 Å². The summed E-state index contributed by atoms with van der Waals surface area (Å²) >= 11 is 12.4. The molecule has 1 aliphatic heterocycles. The van der Waals surface area contributed by atoms with Gasteiger partial charge in [0.25, 0.3) is 0 Å². The smallest absolute Gasteiger partial charge is 0.239 e. The second kappa shape index (κ2) is 11.1. The number of hydrogen-bond acceptors (Lipinski definition) is 5. The molecule has 1 atom stereocenters. The fourth-order valence-electron chi connectivity index (χ4n) is 4.72. The molecule has 1 amide bonds. The number of nitrogens with zero attached hydrogens (tertiary/aromatic N) is 2. The quantitative estimate of drug-likeness (QED) is 0.304. The molecule has 2 N–H and O–H groups in total. The maximum absolute atomic E-state index is 13.4. The minimum absolute atomic E-state index is 0.0702. The fraction of sp³-hybridized carbons (Fsp3) is 0.286. The van der Waals surface area contributed by atoms with Crippen LogP contribution in [0.15, 0.2) is 65.2 Å². The topological polar surface area (TPSA) is 81.6 Å². The van der Waals surface area contributed by atoms with Crippen LogP contribution in [0.3, 0.4) is 0 Å². The van der Waals surface area contributed by atoms with Crippen molar-refractivity contribution in [2.24, 2.45) is 5.73 Å². The Labute approximate surface area is 224 Å². The molecule has 2 heterocycles. The second-order valence-corrected chi connectivity index (χ2v) is 10.1. The van der Waals surface area contributed by atoms with Crippen molar-refractivity contribution >= 4 is 40.1 Å². The highest BCUT2D eigenvalue weighted by molar-refractivity contribution is 6.35. The van der Waals surface area contributed by atoms with E-state index >= 15 is 0 Å². The normalized spacial score (nSPS) is 15.2. The summed E-state index contributed by atoms with van der Waals surface area (Å²) in [5, 5.41) is 6.11. The maximum atomic E-state index is 13.4. The third kappa shape index (κ3) is 5.74. The van der Waals surface area contributed by atoms with Crippen LogP contribution in [-0.4, -0.2) is 35.1 Å². The zero-order valence-electron chi connectivity index (χ0n) is 20.0. The van der Waals surface area contributed by atoms with E-state index in [4.69, 9.17) is 38.2 Å². The summed E-state index contributed by atoms with van der Waals surface area (Å²) in [5.74, 6) is 0.401. The van der Waals surface area contributed by atoms with Crippen molar-refractivity contribution in [3.05, 3.63) is 93.3 Å². The summed E-state index contributed by atoms with van der Waals surface area (Å²) in [6, 6.07) is 16.6. The van der Waals surface area contributed by atoms with E-state index in [0.717, 1.165) is 35.0 Å². The van der Waals surface area contributed by atoms with Gasteiger partial charge in [-0.25, -0.2) is 4.39 Å². The SMILES string of the molecule is N[C@@H](Cc1ccc(OCc2c(Cl)cccc2Cl)cc1)C(=O)N1CCC(c2noc3cc(F)ccc23)CC1. The minimum atomic E-state index is -0.638. The summed E-state index contributed by atoms with van der Waals surface area (Å²) in [4.78, 5) is 14.8. The average Bonchev–Trinajstić information content (AvgIpc) is 3.32. The highest BCUT2D eigenvalue weighted by Crippen LogP contribution is 2.33. The summed E-state index contributed by atoms with van der Waals surface area (Å²) < 4.78 is 24.6. The first-order valence-corrected chi connectivity index (χ1v) is 12.9. The number of rotatable bonds is 7. The number of carbonyl (C=O) groups is 1. The fourth-order valence-corrected chi connectivity index (χ4v) is 5.23. The molecule has 192 valence electrons. The van der Waals surface area contributed by atoms with Crippen LogP contribution in [-0.2, 0) is 17.8 Å². The van der Waals surface area contributed by atoms with Crippen molar-refractivity contribution in [2.75, 3.05) is 13.1 Å². The Kier molecular flexibility index (Phi) is 7.65. The van der Waals surface area contributed by atoms with E-state index in [1.165, 1.54) is 12.1 Å². The molecule has 1 saturated heterocycles. The van der Waals surface area contributed by atoms with Crippen LogP contribution in [0.25, 0.3) is 11.0 Å². The molecule has 0 bridgehead atoms. The number of benzene rings is 3. The van der Waals surface area contributed by atoms with Crippen LogP contribution in [0, 0.1) is 5.82 Å². The summed E-state index contributed by atoms with van der Waals surface area (Å²) in [5.41, 5.74) is 9.24. The third-order valence-electron chi connectivity index (χ3n) is 6.80. The van der Waals surface area contributed by atoms with Gasteiger partial charge in [-0.2, -0.15) is 0 Å². The Bertz CT molecular complexity index is 1380. The van der Waals surface area contributed by atoms with E-state index in [1.807, 2.05) is 29.2 Å². The molecule has 1 fully saturated rings. The standard InChI is InChI=1S/C28H26Cl2FN3O3/c29-23-2-1-3-24(30)22(23)16-36-20-7-4-17(5-8-20)14-25(32)28(35)34-12-10-18(11-13-34)27-21-9-6-19(31)15-26(21)37-33-27/h1-9,15,18,25H,10-14,16,32H2/t25-/m0/s1. The van der Waals surface area contributed by atoms with Crippen molar-refractivity contribution in [1.29, 1.82) is 0 Å². The Morgan fingerprint density at radius 1 is 1.11 bits per heavy atom. The monoisotopic (exact) mass is 541 g/mol. The molecule has 1 aromatic heterocycles. The van der Waals surface area contributed by atoms with E-state index in [2.05, 4.69) is 5.16 Å². The van der Waals surface area contributed by atoms with Gasteiger partial charge in [0.05, 0.1) is 11.7 Å². The summed E-state index contributed by atoms with van der Waals surface area (Å²) in [7, 11) is 0. The predicted molar refractivity (Wildman–Crippen MR) is 141 cm³/mol. The molecular formula is C28H26Cl2FN3O3. The summed E-state index contributed by atoms with van der Waals surface area (Å²) in [6.45, 7) is 1.43. The van der Waals surface area contributed by atoms with Crippen molar-refractivity contribution < 1.29 is 18.4 Å². The van der Waals surface area contributed by atoms with Gasteiger partial charge in [0.1, 0.15) is 18.2 Å². The molecule has 37 heavy (non-hydrogen) atoms. The first-order chi connectivity index (χ1) is 17.9. The Balaban J connectivity index is 1.13. The molecule has 0 radical (unpaired) electrons. The van der Waals surface area contributed by atoms with Crippen molar-refractivity contribution in [3.8, 4) is 5.75 Å². The number of aromatic nitrogens is 1. The molecule has 6 nitrogen and oxygen atoms in total. The number of likely N-dealkylation sites (tertiary alicyclic amines) is 1. The van der Waals surface area contributed by atoms with Crippen LogP contribution in [0.5, 0.6) is 5.75 Å². The maximum Gasteiger partial charge on any atom is 0.239 e. The Morgan fingerprint density at radius 2 is 1.81 bits per heavy atom. The lowest BCUT2D eigenvalue weighted by Crippen LogP contribution is -2.47. The van der Waals surface area contributed by atoms with Crippen molar-refractivity contribution in [1.82, 2.24) is 10.1 Å². The van der Waals surface area contributed by atoms with Gasteiger partial charge in [-0.1, -0.05) is 46.6 Å². The van der Waals surface area contributed by atoms with E-state index in [1.54, 1.807) is 24.3 Å². The largest absolute Gasteiger partial charge is 0.489 e. The average molecular weight is 542 g/mol. The number of fused-ring (bicyclic) bond motifs is 1. The lowest BCUT2D eigenvalue weighted by molar-refractivity contribution is -0.133. The van der Waals surface area contributed by atoms with Crippen LogP contribution >= 0.6 is 23.2 Å². The van der Waals surface area contributed by atoms with Crippen LogP contribution in [0.2, 0.25) is 10.0 Å². The number of hydrogen-bond donors (Lipinski definition) is 1. The Morgan fingerprint density at radius 3 is 2.51 bits per heavy atom. The lowest BCUT2D eigenvalue weighted by Gasteiger charge is -2.33. The molecule has 0 spiro atoms. The highest BCUT2D eigenvalue weighted by atomic mass is 35.5. The van der Waals surface area contributed by atoms with Crippen LogP contribution < -0.4 is 10.5 Å². The number of nitrogens with two attached hydrogens (primary N) is 1.